The van der Waals surface area contributed by atoms with Gasteiger partial charge in [-0.05, 0) is 36.8 Å². The quantitative estimate of drug-likeness (QED) is 0.587. The van der Waals surface area contributed by atoms with Crippen molar-refractivity contribution in [1.29, 1.82) is 0 Å². The average Bonchev–Trinajstić information content (AvgIpc) is 2.82. The molecule has 2 amide bonds. The maximum Gasteiger partial charge on any atom is 0.271 e. The van der Waals surface area contributed by atoms with Crippen molar-refractivity contribution in [2.24, 2.45) is 5.92 Å². The van der Waals surface area contributed by atoms with Crippen molar-refractivity contribution < 1.29 is 9.59 Å². The number of aryl methyl sites for hydroxylation is 1. The lowest BCUT2D eigenvalue weighted by Crippen LogP contribution is -2.36. The standard InChI is InChI=1S/C15H17N3O2/c1-9-5-6-13-12(7-9)10-3-2-4-11(14(10)17-13)15(20)18-16-8-19/h2-4,8-9,17H,5-7H2,1H3,(H,16,19)(H,18,20)/t9-/m0/s1. The molecular formula is C15H17N3O2. The van der Waals surface area contributed by atoms with Crippen LogP contribution in [0.15, 0.2) is 18.2 Å². The minimum atomic E-state index is -0.311. The van der Waals surface area contributed by atoms with Crippen LogP contribution < -0.4 is 10.9 Å². The second-order valence-electron chi connectivity index (χ2n) is 5.37. The number of aromatic nitrogens is 1. The van der Waals surface area contributed by atoms with Gasteiger partial charge in [0.1, 0.15) is 0 Å². The van der Waals surface area contributed by atoms with Crippen molar-refractivity contribution in [3.8, 4) is 0 Å². The molecule has 0 saturated carbocycles. The molecule has 1 aromatic heterocycles. The van der Waals surface area contributed by atoms with Gasteiger partial charge in [-0.2, -0.15) is 0 Å². The number of nitrogens with one attached hydrogen (secondary N) is 3. The highest BCUT2D eigenvalue weighted by Gasteiger charge is 2.22. The summed E-state index contributed by atoms with van der Waals surface area (Å²) in [6, 6.07) is 5.69. The molecule has 0 unspecified atom stereocenters. The summed E-state index contributed by atoms with van der Waals surface area (Å²) < 4.78 is 0. The molecule has 0 fully saturated rings. The van der Waals surface area contributed by atoms with E-state index in [9.17, 15) is 9.59 Å². The highest BCUT2D eigenvalue weighted by molar-refractivity contribution is 6.06. The number of hydrogen-bond donors (Lipinski definition) is 3. The number of carbonyl (C=O) groups excluding carboxylic acids is 2. The molecule has 0 spiro atoms. The minimum absolute atomic E-state index is 0.311. The summed E-state index contributed by atoms with van der Waals surface area (Å²) in [5, 5.41) is 1.12. The molecule has 1 atom stereocenters. The van der Waals surface area contributed by atoms with Gasteiger partial charge < -0.3 is 4.98 Å². The lowest BCUT2D eigenvalue weighted by atomic mass is 9.87. The van der Waals surface area contributed by atoms with Crippen LogP contribution >= 0.6 is 0 Å². The fraction of sp³-hybridized carbons (Fsp3) is 0.333. The van der Waals surface area contributed by atoms with Crippen molar-refractivity contribution >= 4 is 23.2 Å². The molecule has 20 heavy (non-hydrogen) atoms. The molecule has 104 valence electrons. The molecule has 0 aliphatic heterocycles. The van der Waals surface area contributed by atoms with E-state index in [1.165, 1.54) is 17.7 Å². The highest BCUT2D eigenvalue weighted by Crippen LogP contribution is 2.32. The number of hydrazine groups is 1. The first kappa shape index (κ1) is 12.7. The molecule has 1 aromatic carbocycles. The van der Waals surface area contributed by atoms with Gasteiger partial charge in [0.05, 0.1) is 11.1 Å². The summed E-state index contributed by atoms with van der Waals surface area (Å²) in [5.74, 6) is 0.366. The molecule has 0 saturated heterocycles. The van der Waals surface area contributed by atoms with Crippen molar-refractivity contribution in [2.75, 3.05) is 0 Å². The number of para-hydroxylation sites is 1. The van der Waals surface area contributed by atoms with Gasteiger partial charge in [0.2, 0.25) is 6.41 Å². The Labute approximate surface area is 116 Å². The number of amides is 2. The molecule has 0 radical (unpaired) electrons. The molecule has 3 N–H and O–H groups in total. The number of H-pyrrole nitrogens is 1. The van der Waals surface area contributed by atoms with E-state index in [1.54, 1.807) is 6.07 Å². The first-order chi connectivity index (χ1) is 9.70. The highest BCUT2D eigenvalue weighted by atomic mass is 16.2. The largest absolute Gasteiger partial charge is 0.358 e. The summed E-state index contributed by atoms with van der Waals surface area (Å²) in [6.45, 7) is 2.26. The van der Waals surface area contributed by atoms with Crippen LogP contribution in [0.5, 0.6) is 0 Å². The zero-order valence-corrected chi connectivity index (χ0v) is 11.3. The Bertz CT molecular complexity index is 675. The van der Waals surface area contributed by atoms with E-state index in [1.807, 2.05) is 12.1 Å². The van der Waals surface area contributed by atoms with Crippen molar-refractivity contribution in [3.05, 3.63) is 35.0 Å². The Kier molecular flexibility index (Phi) is 3.18. The summed E-state index contributed by atoms with van der Waals surface area (Å²) in [5.41, 5.74) is 8.52. The molecule has 5 nitrogen and oxygen atoms in total. The van der Waals surface area contributed by atoms with Crippen molar-refractivity contribution in [3.63, 3.8) is 0 Å². The number of aromatic amines is 1. The van der Waals surface area contributed by atoms with Crippen LogP contribution in [0.1, 0.15) is 35.0 Å². The Hall–Kier alpha value is -2.30. The zero-order chi connectivity index (χ0) is 14.1. The Balaban J connectivity index is 2.07. The van der Waals surface area contributed by atoms with Crippen molar-refractivity contribution in [2.45, 2.75) is 26.2 Å². The fourth-order valence-corrected chi connectivity index (χ4v) is 2.97. The predicted molar refractivity (Wildman–Crippen MR) is 76.2 cm³/mol. The maximum atomic E-state index is 12.0. The maximum absolute atomic E-state index is 12.0. The second-order valence-corrected chi connectivity index (χ2v) is 5.37. The average molecular weight is 271 g/mol. The van der Waals surface area contributed by atoms with Gasteiger partial charge in [-0.15, -0.1) is 0 Å². The molecule has 3 rings (SSSR count). The first-order valence-corrected chi connectivity index (χ1v) is 6.82. The summed E-state index contributed by atoms with van der Waals surface area (Å²) in [6.07, 6.45) is 3.69. The van der Waals surface area contributed by atoms with E-state index in [2.05, 4.69) is 22.8 Å². The molecule has 5 heteroatoms. The van der Waals surface area contributed by atoms with Crippen LogP contribution in [0.2, 0.25) is 0 Å². The predicted octanol–water partition coefficient (Wildman–Crippen LogP) is 1.68. The third-order valence-corrected chi connectivity index (χ3v) is 3.96. The summed E-state index contributed by atoms with van der Waals surface area (Å²) >= 11 is 0. The van der Waals surface area contributed by atoms with Crippen molar-refractivity contribution in [1.82, 2.24) is 15.8 Å². The Morgan fingerprint density at radius 3 is 3.10 bits per heavy atom. The summed E-state index contributed by atoms with van der Waals surface area (Å²) in [4.78, 5) is 25.7. The number of fused-ring (bicyclic) bond motifs is 3. The van der Waals surface area contributed by atoms with Gasteiger partial charge in [-0.25, -0.2) is 0 Å². The second kappa shape index (κ2) is 5.00. The lowest BCUT2D eigenvalue weighted by molar-refractivity contribution is -0.110. The fourth-order valence-electron chi connectivity index (χ4n) is 2.97. The molecule has 1 aliphatic carbocycles. The zero-order valence-electron chi connectivity index (χ0n) is 11.3. The van der Waals surface area contributed by atoms with Crippen LogP contribution in [0.3, 0.4) is 0 Å². The normalized spacial score (nSPS) is 17.6. The third-order valence-electron chi connectivity index (χ3n) is 3.96. The summed E-state index contributed by atoms with van der Waals surface area (Å²) in [7, 11) is 0. The van der Waals surface area contributed by atoms with Crippen LogP contribution in [0, 0.1) is 5.92 Å². The van der Waals surface area contributed by atoms with Crippen LogP contribution in [0.4, 0.5) is 0 Å². The van der Waals surface area contributed by atoms with Gasteiger partial charge >= 0.3 is 0 Å². The lowest BCUT2D eigenvalue weighted by Gasteiger charge is -2.17. The van der Waals surface area contributed by atoms with E-state index in [0.717, 1.165) is 23.7 Å². The van der Waals surface area contributed by atoms with E-state index >= 15 is 0 Å². The van der Waals surface area contributed by atoms with Gasteiger partial charge in [0.25, 0.3) is 5.91 Å². The van der Waals surface area contributed by atoms with Gasteiger partial charge in [-0.1, -0.05) is 19.1 Å². The van der Waals surface area contributed by atoms with Gasteiger partial charge in [0.15, 0.2) is 0 Å². The van der Waals surface area contributed by atoms with E-state index in [4.69, 9.17) is 0 Å². The van der Waals surface area contributed by atoms with Gasteiger partial charge in [0, 0.05) is 11.1 Å². The number of benzene rings is 1. The molecule has 0 bridgehead atoms. The molecule has 1 heterocycles. The third kappa shape index (κ3) is 2.05. The van der Waals surface area contributed by atoms with Crippen LogP contribution in [0.25, 0.3) is 10.9 Å². The monoisotopic (exact) mass is 271 g/mol. The van der Waals surface area contributed by atoms with Gasteiger partial charge in [-0.3, -0.25) is 20.4 Å². The van der Waals surface area contributed by atoms with E-state index < -0.39 is 0 Å². The topological polar surface area (TPSA) is 74.0 Å². The van der Waals surface area contributed by atoms with Crippen LogP contribution in [-0.2, 0) is 17.6 Å². The Morgan fingerprint density at radius 2 is 2.30 bits per heavy atom. The number of rotatable bonds is 3. The Morgan fingerprint density at radius 1 is 1.45 bits per heavy atom. The minimum Gasteiger partial charge on any atom is -0.358 e. The molecular weight excluding hydrogens is 254 g/mol. The smallest absolute Gasteiger partial charge is 0.271 e. The van der Waals surface area contributed by atoms with Crippen LogP contribution in [-0.4, -0.2) is 17.3 Å². The first-order valence-electron chi connectivity index (χ1n) is 6.82. The molecule has 2 aromatic rings. The molecule has 1 aliphatic rings. The van der Waals surface area contributed by atoms with E-state index in [0.29, 0.717) is 17.9 Å². The number of hydrogen-bond acceptors (Lipinski definition) is 2. The number of carbonyl (C=O) groups is 2. The SMILES string of the molecule is C[C@H]1CCc2[nH]c3c(C(=O)NNC=O)cccc3c2C1. The van der Waals surface area contributed by atoms with E-state index in [-0.39, 0.29) is 5.91 Å².